The van der Waals surface area contributed by atoms with Crippen molar-refractivity contribution >= 4 is 5.97 Å². The van der Waals surface area contributed by atoms with Gasteiger partial charge < -0.3 is 5.11 Å². The molecule has 0 aromatic heterocycles. The maximum Gasteiger partial charge on any atom is 0.417 e. The van der Waals surface area contributed by atoms with E-state index < -0.39 is 23.1 Å². The second-order valence-corrected chi connectivity index (χ2v) is 5.55. The van der Waals surface area contributed by atoms with Crippen LogP contribution in [0.2, 0.25) is 0 Å². The minimum absolute atomic E-state index is 0.0399. The third-order valence-corrected chi connectivity index (χ3v) is 3.66. The number of benzene rings is 2. The first-order valence-corrected chi connectivity index (χ1v) is 6.64. The van der Waals surface area contributed by atoms with Gasteiger partial charge in [-0.05, 0) is 36.6 Å². The van der Waals surface area contributed by atoms with E-state index in [4.69, 9.17) is 0 Å². The molecule has 0 amide bonds. The average Bonchev–Trinajstić information content (AvgIpc) is 2.46. The number of hydrogen-bond donors (Lipinski definition) is 1. The minimum Gasteiger partial charge on any atom is -0.481 e. The Balaban J connectivity index is 2.59. The van der Waals surface area contributed by atoms with Crippen LogP contribution in [-0.2, 0) is 16.4 Å². The Bertz CT molecular complexity index is 703. The number of hydrogen-bond acceptors (Lipinski definition) is 1. The fraction of sp³-hybridized carbons (Fsp3) is 0.235. The third kappa shape index (κ3) is 2.98. The number of carbonyl (C=O) groups is 1. The maximum absolute atomic E-state index is 13.1. The van der Waals surface area contributed by atoms with Crippen LogP contribution in [0.1, 0.15) is 25.0 Å². The quantitative estimate of drug-likeness (QED) is 0.889. The highest BCUT2D eigenvalue weighted by Gasteiger charge is 2.34. The van der Waals surface area contributed by atoms with Crippen molar-refractivity contribution in [3.8, 4) is 11.1 Å². The largest absolute Gasteiger partial charge is 0.481 e. The van der Waals surface area contributed by atoms with Crippen LogP contribution in [0, 0.1) is 0 Å². The summed E-state index contributed by atoms with van der Waals surface area (Å²) < 4.78 is 39.3. The Labute approximate surface area is 126 Å². The molecule has 0 fully saturated rings. The van der Waals surface area contributed by atoms with E-state index >= 15 is 0 Å². The highest BCUT2D eigenvalue weighted by atomic mass is 19.4. The van der Waals surface area contributed by atoms with Crippen LogP contribution < -0.4 is 0 Å². The van der Waals surface area contributed by atoms with E-state index in [1.165, 1.54) is 38.1 Å². The van der Waals surface area contributed by atoms with E-state index in [0.29, 0.717) is 11.1 Å². The molecule has 0 aliphatic heterocycles. The highest BCUT2D eigenvalue weighted by molar-refractivity contribution is 5.81. The summed E-state index contributed by atoms with van der Waals surface area (Å²) in [4.78, 5) is 11.3. The van der Waals surface area contributed by atoms with Crippen molar-refractivity contribution < 1.29 is 23.1 Å². The zero-order valence-electron chi connectivity index (χ0n) is 12.1. The van der Waals surface area contributed by atoms with E-state index in [2.05, 4.69) is 0 Å². The van der Waals surface area contributed by atoms with Gasteiger partial charge in [-0.25, -0.2) is 0 Å². The predicted molar refractivity (Wildman–Crippen MR) is 77.5 cm³/mol. The van der Waals surface area contributed by atoms with Gasteiger partial charge in [-0.1, -0.05) is 42.5 Å². The Morgan fingerprint density at radius 3 is 2.23 bits per heavy atom. The van der Waals surface area contributed by atoms with Gasteiger partial charge in [0.25, 0.3) is 0 Å². The molecule has 0 radical (unpaired) electrons. The smallest absolute Gasteiger partial charge is 0.417 e. The van der Waals surface area contributed by atoms with Crippen LogP contribution in [0.3, 0.4) is 0 Å². The summed E-state index contributed by atoms with van der Waals surface area (Å²) in [5.41, 5.74) is -1.07. The summed E-state index contributed by atoms with van der Waals surface area (Å²) in [5, 5.41) is 9.26. The van der Waals surface area contributed by atoms with E-state index in [0.717, 1.165) is 6.07 Å². The van der Waals surface area contributed by atoms with Gasteiger partial charge in [-0.15, -0.1) is 0 Å². The number of carboxylic acid groups (broad SMARTS) is 1. The Hall–Kier alpha value is -2.30. The molecular formula is C17H15F3O2. The molecule has 2 nitrogen and oxygen atoms in total. The fourth-order valence-electron chi connectivity index (χ4n) is 2.18. The van der Waals surface area contributed by atoms with E-state index in [1.54, 1.807) is 18.2 Å². The van der Waals surface area contributed by atoms with Gasteiger partial charge >= 0.3 is 12.1 Å². The lowest BCUT2D eigenvalue weighted by molar-refractivity contribution is -0.142. The van der Waals surface area contributed by atoms with Crippen molar-refractivity contribution in [3.63, 3.8) is 0 Å². The first-order chi connectivity index (χ1) is 10.1. The molecule has 22 heavy (non-hydrogen) atoms. The molecule has 2 rings (SSSR count). The van der Waals surface area contributed by atoms with Crippen molar-refractivity contribution in [2.45, 2.75) is 25.4 Å². The zero-order chi connectivity index (χ0) is 16.5. The van der Waals surface area contributed by atoms with Crippen molar-refractivity contribution in [2.24, 2.45) is 0 Å². The lowest BCUT2D eigenvalue weighted by atomic mass is 9.83. The summed E-state index contributed by atoms with van der Waals surface area (Å²) in [5.74, 6) is -1.03. The van der Waals surface area contributed by atoms with E-state index in [9.17, 15) is 23.1 Å². The second kappa shape index (κ2) is 5.48. The normalized spacial score (nSPS) is 12.2. The zero-order valence-corrected chi connectivity index (χ0v) is 12.1. The van der Waals surface area contributed by atoms with Crippen molar-refractivity contribution in [3.05, 3.63) is 59.7 Å². The molecule has 0 unspecified atom stereocenters. The van der Waals surface area contributed by atoms with Gasteiger partial charge in [0, 0.05) is 0 Å². The topological polar surface area (TPSA) is 37.3 Å². The number of rotatable bonds is 3. The Kier molecular flexibility index (Phi) is 4.00. The first kappa shape index (κ1) is 16.1. The monoisotopic (exact) mass is 308 g/mol. The molecule has 2 aromatic rings. The molecule has 116 valence electrons. The molecule has 0 atom stereocenters. The highest BCUT2D eigenvalue weighted by Crippen LogP contribution is 2.38. The SMILES string of the molecule is CC(C)(C(=O)O)c1cccc(-c2ccccc2C(F)(F)F)c1. The van der Waals surface area contributed by atoms with E-state index in [-0.39, 0.29) is 5.56 Å². The van der Waals surface area contributed by atoms with Crippen LogP contribution in [0.25, 0.3) is 11.1 Å². The summed E-state index contributed by atoms with van der Waals surface area (Å²) in [6.07, 6.45) is -4.46. The number of carboxylic acids is 1. The third-order valence-electron chi connectivity index (χ3n) is 3.66. The molecule has 0 bridgehead atoms. The van der Waals surface area contributed by atoms with Crippen LogP contribution in [-0.4, -0.2) is 11.1 Å². The van der Waals surface area contributed by atoms with Gasteiger partial charge in [-0.3, -0.25) is 4.79 Å². The Morgan fingerprint density at radius 2 is 1.64 bits per heavy atom. The molecule has 0 saturated carbocycles. The van der Waals surface area contributed by atoms with Crippen molar-refractivity contribution in [1.29, 1.82) is 0 Å². The average molecular weight is 308 g/mol. The van der Waals surface area contributed by atoms with Gasteiger partial charge in [0.1, 0.15) is 0 Å². The second-order valence-electron chi connectivity index (χ2n) is 5.55. The van der Waals surface area contributed by atoms with Crippen molar-refractivity contribution in [1.82, 2.24) is 0 Å². The van der Waals surface area contributed by atoms with Crippen LogP contribution in [0.15, 0.2) is 48.5 Å². The summed E-state index contributed by atoms with van der Waals surface area (Å²) in [6.45, 7) is 3.04. The van der Waals surface area contributed by atoms with Gasteiger partial charge in [0.2, 0.25) is 0 Å². The molecule has 2 aromatic carbocycles. The molecular weight excluding hydrogens is 293 g/mol. The summed E-state index contributed by atoms with van der Waals surface area (Å²) in [6, 6.07) is 11.5. The molecule has 0 aliphatic rings. The summed E-state index contributed by atoms with van der Waals surface area (Å²) >= 11 is 0. The molecule has 5 heteroatoms. The standard InChI is InChI=1S/C17H15F3O2/c1-16(2,15(21)22)12-7-5-6-11(10-12)13-8-3-4-9-14(13)17(18,19)20/h3-10H,1-2H3,(H,21,22). The number of alkyl halides is 3. The van der Waals surface area contributed by atoms with Crippen LogP contribution in [0.5, 0.6) is 0 Å². The van der Waals surface area contributed by atoms with Gasteiger partial charge in [0.15, 0.2) is 0 Å². The molecule has 1 N–H and O–H groups in total. The van der Waals surface area contributed by atoms with Crippen LogP contribution in [0.4, 0.5) is 13.2 Å². The maximum atomic E-state index is 13.1. The lowest BCUT2D eigenvalue weighted by Gasteiger charge is -2.21. The van der Waals surface area contributed by atoms with Crippen LogP contribution >= 0.6 is 0 Å². The Morgan fingerprint density at radius 1 is 1.00 bits per heavy atom. The molecule has 0 spiro atoms. The predicted octanol–water partition coefficient (Wildman–Crippen LogP) is 4.73. The molecule has 0 saturated heterocycles. The molecule has 0 heterocycles. The fourth-order valence-corrected chi connectivity index (χ4v) is 2.18. The van der Waals surface area contributed by atoms with Gasteiger partial charge in [-0.2, -0.15) is 13.2 Å². The lowest BCUT2D eigenvalue weighted by Crippen LogP contribution is -2.28. The number of halogens is 3. The minimum atomic E-state index is -4.46. The first-order valence-electron chi connectivity index (χ1n) is 6.64. The van der Waals surface area contributed by atoms with Crippen molar-refractivity contribution in [2.75, 3.05) is 0 Å². The summed E-state index contributed by atoms with van der Waals surface area (Å²) in [7, 11) is 0. The van der Waals surface area contributed by atoms with Gasteiger partial charge in [0.05, 0.1) is 11.0 Å². The number of aliphatic carboxylic acids is 1. The molecule has 0 aliphatic carbocycles. The van der Waals surface area contributed by atoms with E-state index in [1.807, 2.05) is 0 Å².